The van der Waals surface area contributed by atoms with Crippen molar-refractivity contribution in [3.8, 4) is 0 Å². The minimum Gasteiger partial charge on any atom is -0.382 e. The number of para-hydroxylation sites is 1. The van der Waals surface area contributed by atoms with E-state index in [0.717, 1.165) is 29.4 Å². The van der Waals surface area contributed by atoms with Gasteiger partial charge in [-0.25, -0.2) is 4.39 Å². The van der Waals surface area contributed by atoms with E-state index in [-0.39, 0.29) is 5.91 Å². The van der Waals surface area contributed by atoms with Crippen molar-refractivity contribution in [3.63, 3.8) is 0 Å². The summed E-state index contributed by atoms with van der Waals surface area (Å²) in [5.74, 6) is -0.673. The molecule has 4 rings (SSSR count). The molecule has 2 aromatic carbocycles. The van der Waals surface area contributed by atoms with E-state index in [1.165, 1.54) is 42.3 Å². The average Bonchev–Trinajstić information content (AvgIpc) is 2.70. The van der Waals surface area contributed by atoms with Crippen LogP contribution in [0.1, 0.15) is 34.5 Å². The number of aryl methyl sites for hydroxylation is 1. The molecule has 0 spiro atoms. The summed E-state index contributed by atoms with van der Waals surface area (Å²) in [7, 11) is 0. The van der Waals surface area contributed by atoms with Crippen molar-refractivity contribution >= 4 is 22.5 Å². The van der Waals surface area contributed by atoms with Crippen LogP contribution < -0.4 is 10.6 Å². The third-order valence-corrected chi connectivity index (χ3v) is 4.97. The van der Waals surface area contributed by atoms with Crippen LogP contribution in [0.15, 0.2) is 48.5 Å². The molecule has 27 heavy (non-hydrogen) atoms. The molecular formula is C22H22FN3O. The molecule has 138 valence electrons. The van der Waals surface area contributed by atoms with Crippen molar-refractivity contribution < 1.29 is 9.18 Å². The van der Waals surface area contributed by atoms with Crippen molar-refractivity contribution in [1.82, 2.24) is 10.3 Å². The number of nitrogens with zero attached hydrogens (tertiary/aromatic N) is 1. The van der Waals surface area contributed by atoms with Crippen LogP contribution in [-0.2, 0) is 12.8 Å². The van der Waals surface area contributed by atoms with Crippen molar-refractivity contribution in [2.24, 2.45) is 0 Å². The SMILES string of the molecule is O=C(NCCNc1c2c(nc3ccccc13)CCCC2)c1cccc(F)c1. The van der Waals surface area contributed by atoms with Gasteiger partial charge in [-0.3, -0.25) is 9.78 Å². The average molecular weight is 363 g/mol. The summed E-state index contributed by atoms with van der Waals surface area (Å²) < 4.78 is 13.2. The Labute approximate surface area is 157 Å². The molecule has 1 amide bonds. The molecule has 1 aliphatic carbocycles. The first-order valence-corrected chi connectivity index (χ1v) is 9.40. The van der Waals surface area contributed by atoms with E-state index in [1.54, 1.807) is 6.07 Å². The lowest BCUT2D eigenvalue weighted by Crippen LogP contribution is -2.29. The predicted molar refractivity (Wildman–Crippen MR) is 106 cm³/mol. The summed E-state index contributed by atoms with van der Waals surface area (Å²) in [6, 6.07) is 13.9. The molecule has 2 N–H and O–H groups in total. The number of hydrogen-bond donors (Lipinski definition) is 2. The van der Waals surface area contributed by atoms with Gasteiger partial charge in [-0.1, -0.05) is 24.3 Å². The zero-order valence-corrected chi connectivity index (χ0v) is 15.1. The largest absolute Gasteiger partial charge is 0.382 e. The van der Waals surface area contributed by atoms with Gasteiger partial charge in [0.15, 0.2) is 0 Å². The molecule has 0 aliphatic heterocycles. The normalized spacial score (nSPS) is 13.2. The van der Waals surface area contributed by atoms with Crippen molar-refractivity contribution in [3.05, 3.63) is 71.2 Å². The molecule has 1 aliphatic rings. The van der Waals surface area contributed by atoms with Gasteiger partial charge >= 0.3 is 0 Å². The summed E-state index contributed by atoms with van der Waals surface area (Å²) in [6.07, 6.45) is 4.41. The third kappa shape index (κ3) is 3.77. The fraction of sp³-hybridized carbons (Fsp3) is 0.273. The second-order valence-electron chi connectivity index (χ2n) is 6.83. The highest BCUT2D eigenvalue weighted by Crippen LogP contribution is 2.32. The number of fused-ring (bicyclic) bond motifs is 2. The number of benzene rings is 2. The van der Waals surface area contributed by atoms with Crippen LogP contribution in [0.4, 0.5) is 10.1 Å². The molecule has 0 radical (unpaired) electrons. The Morgan fingerprint density at radius 3 is 2.78 bits per heavy atom. The Hall–Kier alpha value is -2.95. The molecule has 0 saturated carbocycles. The molecule has 0 atom stereocenters. The second-order valence-corrected chi connectivity index (χ2v) is 6.83. The molecule has 0 fully saturated rings. The van der Waals surface area contributed by atoms with Gasteiger partial charge in [0.05, 0.1) is 5.52 Å². The lowest BCUT2D eigenvalue weighted by molar-refractivity contribution is 0.0954. The van der Waals surface area contributed by atoms with E-state index < -0.39 is 5.82 Å². The number of nitrogens with one attached hydrogen (secondary N) is 2. The molecule has 0 unspecified atom stereocenters. The maximum absolute atomic E-state index is 13.2. The minimum atomic E-state index is -0.407. The molecule has 5 heteroatoms. The Balaban J connectivity index is 1.47. The fourth-order valence-electron chi connectivity index (χ4n) is 3.67. The van der Waals surface area contributed by atoms with Gasteiger partial charge < -0.3 is 10.6 Å². The number of carbonyl (C=O) groups is 1. The summed E-state index contributed by atoms with van der Waals surface area (Å²) in [4.78, 5) is 17.0. The summed E-state index contributed by atoms with van der Waals surface area (Å²) in [5, 5.41) is 7.47. The molecule has 3 aromatic rings. The molecule has 0 saturated heterocycles. The van der Waals surface area contributed by atoms with Gasteiger partial charge in [0, 0.05) is 35.4 Å². The van der Waals surface area contributed by atoms with E-state index in [2.05, 4.69) is 16.7 Å². The van der Waals surface area contributed by atoms with E-state index >= 15 is 0 Å². The van der Waals surface area contributed by atoms with E-state index in [4.69, 9.17) is 4.98 Å². The Morgan fingerprint density at radius 2 is 1.89 bits per heavy atom. The highest BCUT2D eigenvalue weighted by Gasteiger charge is 2.17. The Kier molecular flexibility index (Phi) is 5.01. The number of carbonyl (C=O) groups excluding carboxylic acids is 1. The molecular weight excluding hydrogens is 341 g/mol. The van der Waals surface area contributed by atoms with Gasteiger partial charge in [-0.15, -0.1) is 0 Å². The monoisotopic (exact) mass is 363 g/mol. The van der Waals surface area contributed by atoms with Gasteiger partial charge in [-0.05, 0) is 55.5 Å². The van der Waals surface area contributed by atoms with Crippen LogP contribution in [0.2, 0.25) is 0 Å². The van der Waals surface area contributed by atoms with Gasteiger partial charge in [-0.2, -0.15) is 0 Å². The van der Waals surface area contributed by atoms with Gasteiger partial charge in [0.1, 0.15) is 5.82 Å². The van der Waals surface area contributed by atoms with Crippen molar-refractivity contribution in [2.45, 2.75) is 25.7 Å². The number of amides is 1. The van der Waals surface area contributed by atoms with Crippen LogP contribution in [-0.4, -0.2) is 24.0 Å². The van der Waals surface area contributed by atoms with E-state index in [1.807, 2.05) is 18.2 Å². The lowest BCUT2D eigenvalue weighted by atomic mass is 9.92. The Morgan fingerprint density at radius 1 is 1.04 bits per heavy atom. The zero-order valence-electron chi connectivity index (χ0n) is 15.1. The maximum Gasteiger partial charge on any atom is 0.251 e. The van der Waals surface area contributed by atoms with Crippen molar-refractivity contribution in [2.75, 3.05) is 18.4 Å². The first-order valence-electron chi connectivity index (χ1n) is 9.40. The topological polar surface area (TPSA) is 54.0 Å². The lowest BCUT2D eigenvalue weighted by Gasteiger charge is -2.21. The van der Waals surface area contributed by atoms with E-state index in [9.17, 15) is 9.18 Å². The van der Waals surface area contributed by atoms with Crippen molar-refractivity contribution in [1.29, 1.82) is 0 Å². The molecule has 1 aromatic heterocycles. The summed E-state index contributed by atoms with van der Waals surface area (Å²) in [6.45, 7) is 1.06. The highest BCUT2D eigenvalue weighted by molar-refractivity contribution is 5.95. The second kappa shape index (κ2) is 7.74. The van der Waals surface area contributed by atoms with Crippen LogP contribution in [0, 0.1) is 5.82 Å². The first-order chi connectivity index (χ1) is 13.2. The highest BCUT2D eigenvalue weighted by atomic mass is 19.1. The van der Waals surface area contributed by atoms with Gasteiger partial charge in [0.2, 0.25) is 0 Å². The first kappa shape index (κ1) is 17.5. The third-order valence-electron chi connectivity index (χ3n) is 4.97. The standard InChI is InChI=1S/C22H22FN3O/c23-16-7-5-6-15(14-16)22(27)25-13-12-24-21-17-8-1-3-10-19(17)26-20-11-4-2-9-18(20)21/h1,3,5-8,10,14H,2,4,9,11-13H2,(H,24,26)(H,25,27). The van der Waals surface area contributed by atoms with Crippen LogP contribution in [0.3, 0.4) is 0 Å². The smallest absolute Gasteiger partial charge is 0.251 e. The fourth-order valence-corrected chi connectivity index (χ4v) is 3.67. The molecule has 0 bridgehead atoms. The summed E-state index contributed by atoms with van der Waals surface area (Å²) >= 11 is 0. The molecule has 4 nitrogen and oxygen atoms in total. The quantitative estimate of drug-likeness (QED) is 0.671. The number of halogens is 1. The maximum atomic E-state index is 13.2. The Bertz CT molecular complexity index is 986. The number of anilines is 1. The van der Waals surface area contributed by atoms with Crippen LogP contribution in [0.25, 0.3) is 10.9 Å². The predicted octanol–water partition coefficient (Wildman–Crippen LogP) is 4.09. The number of hydrogen-bond acceptors (Lipinski definition) is 3. The molecule has 1 heterocycles. The van der Waals surface area contributed by atoms with Gasteiger partial charge in [0.25, 0.3) is 5.91 Å². The van der Waals surface area contributed by atoms with Crippen LogP contribution >= 0.6 is 0 Å². The minimum absolute atomic E-state index is 0.266. The summed E-state index contributed by atoms with van der Waals surface area (Å²) in [5.41, 5.74) is 4.96. The van der Waals surface area contributed by atoms with Crippen LogP contribution in [0.5, 0.6) is 0 Å². The zero-order chi connectivity index (χ0) is 18.6. The number of rotatable bonds is 5. The number of pyridine rings is 1. The number of aromatic nitrogens is 1. The van der Waals surface area contributed by atoms with E-state index in [0.29, 0.717) is 18.7 Å².